The number of benzene rings is 1. The van der Waals surface area contributed by atoms with Crippen LogP contribution in [0.2, 0.25) is 0 Å². The predicted octanol–water partition coefficient (Wildman–Crippen LogP) is 1.88. The van der Waals surface area contributed by atoms with Crippen LogP contribution in [0.3, 0.4) is 0 Å². The maximum Gasteiger partial charge on any atom is 0.151 e. The first-order valence-corrected chi connectivity index (χ1v) is 9.07. The summed E-state index contributed by atoms with van der Waals surface area (Å²) in [6, 6.07) is 8.02. The molecule has 0 amide bonds. The Labute approximate surface area is 121 Å². The summed E-state index contributed by atoms with van der Waals surface area (Å²) in [6.45, 7) is 4.74. The normalized spacial score (nSPS) is 21.2. The Morgan fingerprint density at radius 2 is 1.90 bits per heavy atom. The molecule has 5 heteroatoms. The van der Waals surface area contributed by atoms with E-state index in [4.69, 9.17) is 5.73 Å². The second-order valence-corrected chi connectivity index (χ2v) is 8.01. The van der Waals surface area contributed by atoms with Crippen LogP contribution in [0.15, 0.2) is 24.3 Å². The van der Waals surface area contributed by atoms with Gasteiger partial charge in [-0.3, -0.25) is 0 Å². The summed E-state index contributed by atoms with van der Waals surface area (Å²) < 4.78 is 23.1. The van der Waals surface area contributed by atoms with Gasteiger partial charge in [-0.1, -0.05) is 19.1 Å². The average molecular weight is 296 g/mol. The highest BCUT2D eigenvalue weighted by Crippen LogP contribution is 2.20. The molecule has 1 saturated heterocycles. The number of nitrogens with two attached hydrogens (primary N) is 1. The second-order valence-electron chi connectivity index (χ2n) is 5.70. The van der Waals surface area contributed by atoms with E-state index in [0.717, 1.165) is 31.6 Å². The lowest BCUT2D eigenvalue weighted by molar-refractivity contribution is 0.284. The Hall–Kier alpha value is -1.07. The van der Waals surface area contributed by atoms with Gasteiger partial charge in [0.25, 0.3) is 0 Å². The molecule has 2 N–H and O–H groups in total. The Morgan fingerprint density at radius 3 is 2.60 bits per heavy atom. The van der Waals surface area contributed by atoms with Gasteiger partial charge in [0, 0.05) is 12.2 Å². The Morgan fingerprint density at radius 1 is 1.20 bits per heavy atom. The number of anilines is 1. The largest absolute Gasteiger partial charge is 0.399 e. The van der Waals surface area contributed by atoms with Gasteiger partial charge >= 0.3 is 0 Å². The highest BCUT2D eigenvalue weighted by atomic mass is 32.2. The number of sulfone groups is 1. The lowest BCUT2D eigenvalue weighted by Crippen LogP contribution is -2.28. The van der Waals surface area contributed by atoms with Crippen LogP contribution in [0.5, 0.6) is 0 Å². The van der Waals surface area contributed by atoms with Gasteiger partial charge in [-0.15, -0.1) is 0 Å². The maximum absolute atomic E-state index is 11.6. The van der Waals surface area contributed by atoms with Crippen molar-refractivity contribution in [1.82, 2.24) is 4.90 Å². The molecule has 112 valence electrons. The SMILES string of the molecule is CC(CCN1CCCS(=O)(=O)CC1)c1ccc(N)cc1. The summed E-state index contributed by atoms with van der Waals surface area (Å²) >= 11 is 0. The van der Waals surface area contributed by atoms with Gasteiger partial charge in [0.15, 0.2) is 9.84 Å². The molecule has 1 fully saturated rings. The van der Waals surface area contributed by atoms with E-state index < -0.39 is 9.84 Å². The highest BCUT2D eigenvalue weighted by molar-refractivity contribution is 7.91. The number of rotatable bonds is 4. The molecule has 2 rings (SSSR count). The Bertz CT molecular complexity index is 525. The van der Waals surface area contributed by atoms with Crippen molar-refractivity contribution in [3.8, 4) is 0 Å². The fourth-order valence-electron chi connectivity index (χ4n) is 2.58. The summed E-state index contributed by atoms with van der Waals surface area (Å²) in [5.41, 5.74) is 7.78. The summed E-state index contributed by atoms with van der Waals surface area (Å²) in [7, 11) is -2.80. The zero-order valence-electron chi connectivity index (χ0n) is 12.1. The number of nitrogen functional groups attached to an aromatic ring is 1. The van der Waals surface area contributed by atoms with Gasteiger partial charge in [-0.05, 0) is 49.5 Å². The number of nitrogens with zero attached hydrogens (tertiary/aromatic N) is 1. The number of hydrogen-bond donors (Lipinski definition) is 1. The van der Waals surface area contributed by atoms with Crippen molar-refractivity contribution in [1.29, 1.82) is 0 Å². The maximum atomic E-state index is 11.6. The monoisotopic (exact) mass is 296 g/mol. The first-order chi connectivity index (χ1) is 9.46. The minimum atomic E-state index is -2.80. The zero-order chi connectivity index (χ0) is 14.6. The summed E-state index contributed by atoms with van der Waals surface area (Å²) in [6.07, 6.45) is 1.81. The molecule has 4 nitrogen and oxygen atoms in total. The Kier molecular flexibility index (Phi) is 5.05. The van der Waals surface area contributed by atoms with E-state index in [1.807, 2.05) is 12.1 Å². The third-order valence-corrected chi connectivity index (χ3v) is 5.75. The van der Waals surface area contributed by atoms with E-state index in [9.17, 15) is 8.42 Å². The molecule has 1 aromatic carbocycles. The van der Waals surface area contributed by atoms with Crippen LogP contribution >= 0.6 is 0 Å². The molecule has 20 heavy (non-hydrogen) atoms. The molecule has 0 radical (unpaired) electrons. The average Bonchev–Trinajstić information content (AvgIpc) is 2.58. The minimum Gasteiger partial charge on any atom is -0.399 e. The van der Waals surface area contributed by atoms with E-state index in [2.05, 4.69) is 24.0 Å². The summed E-state index contributed by atoms with van der Waals surface area (Å²) in [4.78, 5) is 2.28. The Balaban J connectivity index is 1.84. The molecule has 1 aliphatic rings. The third-order valence-electron chi connectivity index (χ3n) is 4.03. The van der Waals surface area contributed by atoms with E-state index in [0.29, 0.717) is 24.0 Å². The van der Waals surface area contributed by atoms with Crippen molar-refractivity contribution < 1.29 is 8.42 Å². The predicted molar refractivity (Wildman–Crippen MR) is 83.6 cm³/mol. The van der Waals surface area contributed by atoms with Gasteiger partial charge in [0.1, 0.15) is 0 Å². The van der Waals surface area contributed by atoms with E-state index in [-0.39, 0.29) is 0 Å². The molecule has 1 unspecified atom stereocenters. The molecule has 0 bridgehead atoms. The van der Waals surface area contributed by atoms with Crippen LogP contribution in [-0.2, 0) is 9.84 Å². The number of hydrogen-bond acceptors (Lipinski definition) is 4. The van der Waals surface area contributed by atoms with Crippen LogP contribution in [-0.4, -0.2) is 44.5 Å². The van der Waals surface area contributed by atoms with Crippen LogP contribution in [0, 0.1) is 0 Å². The van der Waals surface area contributed by atoms with E-state index in [1.54, 1.807) is 0 Å². The minimum absolute atomic E-state index is 0.309. The van der Waals surface area contributed by atoms with Crippen LogP contribution in [0.1, 0.15) is 31.2 Å². The second kappa shape index (κ2) is 6.59. The van der Waals surface area contributed by atoms with Crippen LogP contribution in [0.4, 0.5) is 5.69 Å². The van der Waals surface area contributed by atoms with Gasteiger partial charge in [-0.2, -0.15) is 0 Å². The van der Waals surface area contributed by atoms with Gasteiger partial charge < -0.3 is 10.6 Å². The van der Waals surface area contributed by atoms with Crippen molar-refractivity contribution >= 4 is 15.5 Å². The van der Waals surface area contributed by atoms with Crippen LogP contribution < -0.4 is 5.73 Å². The molecular weight excluding hydrogens is 272 g/mol. The van der Waals surface area contributed by atoms with Gasteiger partial charge in [0.2, 0.25) is 0 Å². The van der Waals surface area contributed by atoms with Crippen molar-refractivity contribution in [2.45, 2.75) is 25.7 Å². The summed E-state index contributed by atoms with van der Waals surface area (Å²) in [5.74, 6) is 1.12. The van der Waals surface area contributed by atoms with Crippen molar-refractivity contribution in [2.75, 3.05) is 36.9 Å². The molecule has 1 heterocycles. The van der Waals surface area contributed by atoms with E-state index >= 15 is 0 Å². The fraction of sp³-hybridized carbons (Fsp3) is 0.600. The van der Waals surface area contributed by atoms with E-state index in [1.165, 1.54) is 5.56 Å². The van der Waals surface area contributed by atoms with Gasteiger partial charge in [-0.25, -0.2) is 8.42 Å². The molecule has 0 saturated carbocycles. The molecule has 0 aliphatic carbocycles. The van der Waals surface area contributed by atoms with Crippen molar-refractivity contribution in [3.63, 3.8) is 0 Å². The molecule has 0 aromatic heterocycles. The summed E-state index contributed by atoms with van der Waals surface area (Å²) in [5, 5.41) is 0. The van der Waals surface area contributed by atoms with Crippen molar-refractivity contribution in [2.24, 2.45) is 0 Å². The van der Waals surface area contributed by atoms with Gasteiger partial charge in [0.05, 0.1) is 11.5 Å². The third kappa shape index (κ3) is 4.49. The molecule has 1 atom stereocenters. The fourth-order valence-corrected chi connectivity index (χ4v) is 3.89. The first-order valence-electron chi connectivity index (χ1n) is 7.24. The van der Waals surface area contributed by atoms with Crippen LogP contribution in [0.25, 0.3) is 0 Å². The lowest BCUT2D eigenvalue weighted by Gasteiger charge is -2.21. The molecule has 1 aliphatic heterocycles. The quantitative estimate of drug-likeness (QED) is 0.862. The topological polar surface area (TPSA) is 63.4 Å². The molecule has 0 spiro atoms. The zero-order valence-corrected chi connectivity index (χ0v) is 12.9. The molecular formula is C15H24N2O2S. The first kappa shape index (κ1) is 15.3. The molecule has 1 aromatic rings. The highest BCUT2D eigenvalue weighted by Gasteiger charge is 2.19. The van der Waals surface area contributed by atoms with Crippen molar-refractivity contribution in [3.05, 3.63) is 29.8 Å². The lowest BCUT2D eigenvalue weighted by atomic mass is 9.97. The standard InChI is InChI=1S/C15H24N2O2S/c1-13(14-3-5-15(16)6-4-14)7-9-17-8-2-11-20(18,19)12-10-17/h3-6,13H,2,7-12,16H2,1H3. The smallest absolute Gasteiger partial charge is 0.151 e.